The molecule has 15 heavy (non-hydrogen) atoms. The van der Waals surface area contributed by atoms with E-state index in [1.54, 1.807) is 0 Å². The molecule has 2 aliphatic rings. The fourth-order valence-electron chi connectivity index (χ4n) is 2.79. The van der Waals surface area contributed by atoms with E-state index in [-0.39, 0.29) is 0 Å². The van der Waals surface area contributed by atoms with Crippen LogP contribution in [0.15, 0.2) is 11.6 Å². The first kappa shape index (κ1) is 11.1. The molecule has 0 bridgehead atoms. The van der Waals surface area contributed by atoms with Crippen molar-refractivity contribution >= 4 is 9.84 Å². The molecule has 86 valence electrons. The topological polar surface area (TPSA) is 46.2 Å². The lowest BCUT2D eigenvalue weighted by Crippen LogP contribution is -2.35. The Morgan fingerprint density at radius 2 is 2.33 bits per heavy atom. The highest BCUT2D eigenvalue weighted by Gasteiger charge is 2.34. The first-order valence-electron chi connectivity index (χ1n) is 5.69. The molecule has 0 aromatic heterocycles. The van der Waals surface area contributed by atoms with Gasteiger partial charge in [0.05, 0.1) is 11.5 Å². The monoisotopic (exact) mass is 229 g/mol. The number of rotatable bonds is 3. The molecule has 1 fully saturated rings. The summed E-state index contributed by atoms with van der Waals surface area (Å²) in [6.45, 7) is 0. The van der Waals surface area contributed by atoms with Crippen LogP contribution in [0.2, 0.25) is 0 Å². The Morgan fingerprint density at radius 1 is 1.53 bits per heavy atom. The maximum Gasteiger partial charge on any atom is 0.150 e. The van der Waals surface area contributed by atoms with Gasteiger partial charge in [-0.2, -0.15) is 0 Å². The van der Waals surface area contributed by atoms with Gasteiger partial charge in [-0.05, 0) is 38.6 Å². The van der Waals surface area contributed by atoms with Gasteiger partial charge in [-0.15, -0.1) is 0 Å². The average molecular weight is 229 g/mol. The molecule has 1 saturated heterocycles. The second-order valence-corrected chi connectivity index (χ2v) is 6.83. The Hall–Kier alpha value is -0.350. The van der Waals surface area contributed by atoms with Crippen molar-refractivity contribution in [3.63, 3.8) is 0 Å². The maximum absolute atomic E-state index is 11.4. The van der Waals surface area contributed by atoms with Crippen molar-refractivity contribution in [2.45, 2.75) is 31.7 Å². The Bertz CT molecular complexity index is 359. The minimum absolute atomic E-state index is 0.296. The molecule has 0 saturated carbocycles. The Kier molecular flexibility index (Phi) is 3.16. The molecule has 1 N–H and O–H groups in total. The van der Waals surface area contributed by atoms with E-state index in [9.17, 15) is 8.42 Å². The third-order valence-electron chi connectivity index (χ3n) is 3.53. The lowest BCUT2D eigenvalue weighted by Gasteiger charge is -2.23. The van der Waals surface area contributed by atoms with Crippen molar-refractivity contribution in [1.82, 2.24) is 5.32 Å². The van der Waals surface area contributed by atoms with Gasteiger partial charge in [-0.3, -0.25) is 0 Å². The summed E-state index contributed by atoms with van der Waals surface area (Å²) in [5.74, 6) is 1.04. The second kappa shape index (κ2) is 4.26. The van der Waals surface area contributed by atoms with Gasteiger partial charge in [0.2, 0.25) is 0 Å². The van der Waals surface area contributed by atoms with Gasteiger partial charge < -0.3 is 5.32 Å². The van der Waals surface area contributed by atoms with Crippen LogP contribution in [-0.4, -0.2) is 33.0 Å². The molecule has 1 aliphatic carbocycles. The van der Waals surface area contributed by atoms with Crippen LogP contribution in [0.5, 0.6) is 0 Å². The summed E-state index contributed by atoms with van der Waals surface area (Å²) in [7, 11) is -0.808. The first-order chi connectivity index (χ1) is 7.12. The van der Waals surface area contributed by atoms with Gasteiger partial charge in [0.15, 0.2) is 9.84 Å². The van der Waals surface area contributed by atoms with Gasteiger partial charge in [0, 0.05) is 6.04 Å². The minimum atomic E-state index is -2.75. The summed E-state index contributed by atoms with van der Waals surface area (Å²) in [6.07, 6.45) is 6.64. The van der Waals surface area contributed by atoms with Crippen molar-refractivity contribution in [1.29, 1.82) is 0 Å². The van der Waals surface area contributed by atoms with Crippen LogP contribution in [0.4, 0.5) is 0 Å². The van der Waals surface area contributed by atoms with Crippen LogP contribution in [0, 0.1) is 5.92 Å². The molecule has 4 heteroatoms. The van der Waals surface area contributed by atoms with Crippen molar-refractivity contribution in [3.8, 4) is 0 Å². The zero-order valence-corrected chi connectivity index (χ0v) is 10.0. The van der Waals surface area contributed by atoms with Crippen molar-refractivity contribution in [3.05, 3.63) is 11.6 Å². The normalized spacial score (nSPS) is 31.5. The molecular formula is C11H19NO2S. The number of allylic oxidation sites excluding steroid dienone is 1. The minimum Gasteiger partial charge on any atom is -0.313 e. The number of hydrogen-bond donors (Lipinski definition) is 1. The zero-order chi connectivity index (χ0) is 10.9. The fraction of sp³-hybridized carbons (Fsp3) is 0.818. The smallest absolute Gasteiger partial charge is 0.150 e. The van der Waals surface area contributed by atoms with Crippen LogP contribution >= 0.6 is 0 Å². The Labute approximate surface area is 91.9 Å². The van der Waals surface area contributed by atoms with Gasteiger partial charge in [-0.25, -0.2) is 8.42 Å². The highest BCUT2D eigenvalue weighted by molar-refractivity contribution is 7.91. The first-order valence-corrected chi connectivity index (χ1v) is 7.51. The molecular weight excluding hydrogens is 210 g/mol. The average Bonchev–Trinajstić information content (AvgIpc) is 2.77. The number of sulfone groups is 1. The van der Waals surface area contributed by atoms with Crippen LogP contribution in [0.1, 0.15) is 25.7 Å². The third-order valence-corrected chi connectivity index (χ3v) is 5.32. The molecule has 0 spiro atoms. The molecule has 0 amide bonds. The van der Waals surface area contributed by atoms with Gasteiger partial charge in [0.1, 0.15) is 0 Å². The lowest BCUT2D eigenvalue weighted by molar-refractivity contribution is 0.445. The van der Waals surface area contributed by atoms with E-state index in [1.165, 1.54) is 12.0 Å². The summed E-state index contributed by atoms with van der Waals surface area (Å²) in [6, 6.07) is 0.296. The van der Waals surface area contributed by atoms with E-state index in [0.717, 1.165) is 19.3 Å². The van der Waals surface area contributed by atoms with Crippen LogP contribution in [0.25, 0.3) is 0 Å². The quantitative estimate of drug-likeness (QED) is 0.738. The molecule has 2 unspecified atom stereocenters. The summed E-state index contributed by atoms with van der Waals surface area (Å²) in [5.41, 5.74) is 1.43. The molecule has 2 rings (SSSR count). The van der Waals surface area contributed by atoms with E-state index in [2.05, 4.69) is 11.4 Å². The largest absolute Gasteiger partial charge is 0.313 e. The molecule has 3 nitrogen and oxygen atoms in total. The summed E-state index contributed by atoms with van der Waals surface area (Å²) in [4.78, 5) is 0. The number of likely N-dealkylation sites (N-methyl/N-ethyl adjacent to an activating group) is 1. The summed E-state index contributed by atoms with van der Waals surface area (Å²) >= 11 is 0. The lowest BCUT2D eigenvalue weighted by atomic mass is 9.92. The molecule has 0 radical (unpaired) electrons. The summed E-state index contributed by atoms with van der Waals surface area (Å²) < 4.78 is 22.9. The van der Waals surface area contributed by atoms with Crippen molar-refractivity contribution in [2.24, 2.45) is 5.92 Å². The molecule has 0 aromatic rings. The van der Waals surface area contributed by atoms with Crippen LogP contribution in [0.3, 0.4) is 0 Å². The molecule has 1 aliphatic heterocycles. The van der Waals surface area contributed by atoms with Gasteiger partial charge >= 0.3 is 0 Å². The van der Waals surface area contributed by atoms with Crippen LogP contribution < -0.4 is 5.32 Å². The molecule has 0 aromatic carbocycles. The van der Waals surface area contributed by atoms with Gasteiger partial charge in [0.25, 0.3) is 0 Å². The molecule has 1 heterocycles. The number of hydrogen-bond acceptors (Lipinski definition) is 3. The van der Waals surface area contributed by atoms with E-state index in [1.807, 2.05) is 7.05 Å². The highest BCUT2D eigenvalue weighted by Crippen LogP contribution is 2.30. The molecule has 2 atom stereocenters. The highest BCUT2D eigenvalue weighted by atomic mass is 32.2. The standard InChI is InChI=1S/C11H19NO2S/c1-12-11(9-4-2-3-5-9)10-6-7-15(13,14)8-10/h4,10-12H,2-3,5-8H2,1H3. The van der Waals surface area contributed by atoms with E-state index < -0.39 is 9.84 Å². The fourth-order valence-corrected chi connectivity index (χ4v) is 4.63. The van der Waals surface area contributed by atoms with Crippen LogP contribution in [-0.2, 0) is 9.84 Å². The summed E-state index contributed by atoms with van der Waals surface area (Å²) in [5, 5.41) is 3.29. The maximum atomic E-state index is 11.4. The SMILES string of the molecule is CNC(C1=CCCC1)C1CCS(=O)(=O)C1. The van der Waals surface area contributed by atoms with E-state index >= 15 is 0 Å². The van der Waals surface area contributed by atoms with Gasteiger partial charge in [-0.1, -0.05) is 11.6 Å². The van der Waals surface area contributed by atoms with Crippen molar-refractivity contribution in [2.75, 3.05) is 18.6 Å². The Morgan fingerprint density at radius 3 is 2.80 bits per heavy atom. The van der Waals surface area contributed by atoms with E-state index in [0.29, 0.717) is 23.5 Å². The predicted octanol–water partition coefficient (Wildman–Crippen LogP) is 1.12. The third kappa shape index (κ3) is 2.42. The Balaban J connectivity index is 2.08. The zero-order valence-electron chi connectivity index (χ0n) is 9.20. The van der Waals surface area contributed by atoms with Crippen molar-refractivity contribution < 1.29 is 8.42 Å². The second-order valence-electron chi connectivity index (χ2n) is 4.60. The number of nitrogens with one attached hydrogen (secondary N) is 1. The van der Waals surface area contributed by atoms with E-state index in [4.69, 9.17) is 0 Å². The predicted molar refractivity (Wildman–Crippen MR) is 61.5 cm³/mol.